The predicted molar refractivity (Wildman–Crippen MR) is 69.1 cm³/mol. The van der Waals surface area contributed by atoms with E-state index in [2.05, 4.69) is 17.1 Å². The fraction of sp³-hybridized carbons (Fsp3) is 1.00. The lowest BCUT2D eigenvalue weighted by Crippen LogP contribution is -2.47. The van der Waals surface area contributed by atoms with E-state index >= 15 is 0 Å². The highest BCUT2D eigenvalue weighted by Gasteiger charge is 2.35. The van der Waals surface area contributed by atoms with Gasteiger partial charge in [-0.3, -0.25) is 0 Å². The van der Waals surface area contributed by atoms with Crippen molar-refractivity contribution in [3.05, 3.63) is 0 Å². The minimum atomic E-state index is 0.545. The molecule has 3 fully saturated rings. The number of nitrogens with one attached hydrogen (secondary N) is 1. The summed E-state index contributed by atoms with van der Waals surface area (Å²) in [4.78, 5) is 2.70. The van der Waals surface area contributed by atoms with E-state index in [9.17, 15) is 0 Å². The van der Waals surface area contributed by atoms with Crippen molar-refractivity contribution in [1.82, 2.24) is 10.2 Å². The van der Waals surface area contributed by atoms with Gasteiger partial charge in [0.05, 0.1) is 6.10 Å². The maximum Gasteiger partial charge on any atom is 0.0604 e. The average molecular weight is 238 g/mol. The summed E-state index contributed by atoms with van der Waals surface area (Å²) in [6.45, 7) is 6.89. The van der Waals surface area contributed by atoms with Crippen molar-refractivity contribution in [2.75, 3.05) is 26.2 Å². The molecule has 1 aliphatic heterocycles. The topological polar surface area (TPSA) is 24.5 Å². The van der Waals surface area contributed by atoms with Crippen LogP contribution in [-0.4, -0.2) is 49.3 Å². The lowest BCUT2D eigenvalue weighted by molar-refractivity contribution is -0.0105. The quantitative estimate of drug-likeness (QED) is 0.761. The Kier molecular flexibility index (Phi) is 3.69. The van der Waals surface area contributed by atoms with Crippen molar-refractivity contribution in [3.8, 4) is 0 Å². The van der Waals surface area contributed by atoms with Crippen LogP contribution in [-0.2, 0) is 4.74 Å². The first kappa shape index (κ1) is 11.9. The van der Waals surface area contributed by atoms with Gasteiger partial charge in [0.1, 0.15) is 0 Å². The highest BCUT2D eigenvalue weighted by molar-refractivity contribution is 4.91. The van der Waals surface area contributed by atoms with Crippen LogP contribution in [0.2, 0.25) is 0 Å². The van der Waals surface area contributed by atoms with E-state index in [0.717, 1.165) is 24.6 Å². The molecule has 0 bridgehead atoms. The number of rotatable bonds is 6. The van der Waals surface area contributed by atoms with E-state index in [1.54, 1.807) is 0 Å². The molecule has 0 radical (unpaired) electrons. The molecule has 3 heteroatoms. The van der Waals surface area contributed by atoms with E-state index in [4.69, 9.17) is 4.74 Å². The van der Waals surface area contributed by atoms with E-state index in [0.29, 0.717) is 6.10 Å². The van der Waals surface area contributed by atoms with Crippen LogP contribution in [0.4, 0.5) is 0 Å². The fourth-order valence-electron chi connectivity index (χ4n) is 3.24. The molecule has 1 saturated heterocycles. The van der Waals surface area contributed by atoms with Gasteiger partial charge in [-0.2, -0.15) is 0 Å². The van der Waals surface area contributed by atoms with E-state index in [-0.39, 0.29) is 0 Å². The van der Waals surface area contributed by atoms with Gasteiger partial charge in [0, 0.05) is 25.2 Å². The van der Waals surface area contributed by atoms with Crippen molar-refractivity contribution in [2.24, 2.45) is 5.92 Å². The Bertz CT molecular complexity index is 249. The molecule has 0 aromatic rings. The van der Waals surface area contributed by atoms with Gasteiger partial charge in [-0.1, -0.05) is 0 Å². The van der Waals surface area contributed by atoms with Crippen LogP contribution < -0.4 is 5.32 Å². The molecular formula is C14H26N2O. The maximum absolute atomic E-state index is 5.59. The SMILES string of the molecule is CCOC1CC(NCC2CCN(C3CC3)C2)C1. The summed E-state index contributed by atoms with van der Waals surface area (Å²) >= 11 is 0. The van der Waals surface area contributed by atoms with Gasteiger partial charge in [-0.25, -0.2) is 0 Å². The van der Waals surface area contributed by atoms with Crippen LogP contribution in [0.25, 0.3) is 0 Å². The molecule has 0 aromatic carbocycles. The van der Waals surface area contributed by atoms with Crippen LogP contribution >= 0.6 is 0 Å². The van der Waals surface area contributed by atoms with Crippen molar-refractivity contribution >= 4 is 0 Å². The second kappa shape index (κ2) is 5.25. The largest absolute Gasteiger partial charge is 0.378 e. The summed E-state index contributed by atoms with van der Waals surface area (Å²) < 4.78 is 5.59. The molecule has 1 heterocycles. The Balaban J connectivity index is 1.28. The Morgan fingerprint density at radius 3 is 2.76 bits per heavy atom. The van der Waals surface area contributed by atoms with E-state index < -0.39 is 0 Å². The lowest BCUT2D eigenvalue weighted by atomic mass is 9.89. The van der Waals surface area contributed by atoms with E-state index in [1.807, 2.05) is 0 Å². The van der Waals surface area contributed by atoms with Crippen molar-refractivity contribution in [3.63, 3.8) is 0 Å². The van der Waals surface area contributed by atoms with Gasteiger partial charge in [-0.15, -0.1) is 0 Å². The van der Waals surface area contributed by atoms with Crippen molar-refractivity contribution < 1.29 is 4.74 Å². The molecule has 0 spiro atoms. The molecule has 1 N–H and O–H groups in total. The molecule has 3 rings (SSSR count). The first-order chi connectivity index (χ1) is 8.35. The van der Waals surface area contributed by atoms with Crippen LogP contribution in [0, 0.1) is 5.92 Å². The summed E-state index contributed by atoms with van der Waals surface area (Å²) in [6.07, 6.45) is 7.33. The standard InChI is InChI=1S/C14H26N2O/c1-2-17-14-7-12(8-14)15-9-11-5-6-16(10-11)13-3-4-13/h11-15H,2-10H2,1H3. The van der Waals surface area contributed by atoms with Crippen LogP contribution in [0.1, 0.15) is 39.0 Å². The number of nitrogens with zero attached hydrogens (tertiary/aromatic N) is 1. The van der Waals surface area contributed by atoms with Gasteiger partial charge in [0.2, 0.25) is 0 Å². The normalized spacial score (nSPS) is 38.3. The minimum absolute atomic E-state index is 0.545. The summed E-state index contributed by atoms with van der Waals surface area (Å²) in [5.74, 6) is 0.904. The first-order valence-electron chi connectivity index (χ1n) is 7.44. The maximum atomic E-state index is 5.59. The smallest absolute Gasteiger partial charge is 0.0604 e. The third-order valence-electron chi connectivity index (χ3n) is 4.57. The second-order valence-corrected chi connectivity index (χ2v) is 6.03. The molecule has 2 aliphatic carbocycles. The molecule has 3 nitrogen and oxygen atoms in total. The van der Waals surface area contributed by atoms with Crippen LogP contribution in [0.3, 0.4) is 0 Å². The molecule has 1 atom stereocenters. The van der Waals surface area contributed by atoms with Crippen molar-refractivity contribution in [1.29, 1.82) is 0 Å². The number of hydrogen-bond acceptors (Lipinski definition) is 3. The Hall–Kier alpha value is -0.120. The molecule has 17 heavy (non-hydrogen) atoms. The van der Waals surface area contributed by atoms with Gasteiger partial charge in [-0.05, 0) is 58.0 Å². The highest BCUT2D eigenvalue weighted by Crippen LogP contribution is 2.31. The Morgan fingerprint density at radius 1 is 1.24 bits per heavy atom. The second-order valence-electron chi connectivity index (χ2n) is 6.03. The van der Waals surface area contributed by atoms with E-state index in [1.165, 1.54) is 51.7 Å². The predicted octanol–water partition coefficient (Wildman–Crippen LogP) is 1.63. The zero-order valence-corrected chi connectivity index (χ0v) is 11.0. The number of hydrogen-bond donors (Lipinski definition) is 1. The highest BCUT2D eigenvalue weighted by atomic mass is 16.5. The molecule has 3 aliphatic rings. The lowest BCUT2D eigenvalue weighted by Gasteiger charge is -2.36. The van der Waals surface area contributed by atoms with Gasteiger partial charge < -0.3 is 15.0 Å². The summed E-state index contributed by atoms with van der Waals surface area (Å²) in [6, 6.07) is 1.70. The number of likely N-dealkylation sites (tertiary alicyclic amines) is 1. The van der Waals surface area contributed by atoms with Crippen LogP contribution in [0.15, 0.2) is 0 Å². The minimum Gasteiger partial charge on any atom is -0.378 e. The molecule has 1 unspecified atom stereocenters. The Labute approximate surface area is 105 Å². The molecule has 0 amide bonds. The fourth-order valence-corrected chi connectivity index (χ4v) is 3.24. The first-order valence-corrected chi connectivity index (χ1v) is 7.44. The van der Waals surface area contributed by atoms with Crippen LogP contribution in [0.5, 0.6) is 0 Å². The zero-order valence-electron chi connectivity index (χ0n) is 11.0. The zero-order chi connectivity index (χ0) is 11.7. The number of ether oxygens (including phenoxy) is 1. The molecular weight excluding hydrogens is 212 g/mol. The van der Waals surface area contributed by atoms with Gasteiger partial charge in [0.25, 0.3) is 0 Å². The third-order valence-corrected chi connectivity index (χ3v) is 4.57. The molecule has 2 saturated carbocycles. The monoisotopic (exact) mass is 238 g/mol. The summed E-state index contributed by atoms with van der Waals surface area (Å²) in [5, 5.41) is 3.72. The average Bonchev–Trinajstić information content (AvgIpc) is 3.02. The summed E-state index contributed by atoms with van der Waals surface area (Å²) in [7, 11) is 0. The van der Waals surface area contributed by atoms with Crippen molar-refractivity contribution in [2.45, 2.75) is 57.2 Å². The van der Waals surface area contributed by atoms with Gasteiger partial charge >= 0.3 is 0 Å². The molecule has 98 valence electrons. The third kappa shape index (κ3) is 3.01. The Morgan fingerprint density at radius 2 is 2.06 bits per heavy atom. The van der Waals surface area contributed by atoms with Gasteiger partial charge in [0.15, 0.2) is 0 Å². The molecule has 0 aromatic heterocycles. The summed E-state index contributed by atoms with van der Waals surface area (Å²) in [5.41, 5.74) is 0.